The third kappa shape index (κ3) is 3.79. The fraction of sp³-hybridized carbons (Fsp3) is 0.263. The van der Waals surface area contributed by atoms with Crippen molar-refractivity contribution in [2.24, 2.45) is 5.10 Å². The number of esters is 1. The van der Waals surface area contributed by atoms with Gasteiger partial charge in [-0.25, -0.2) is 0 Å². The second-order valence-electron chi connectivity index (χ2n) is 5.53. The summed E-state index contributed by atoms with van der Waals surface area (Å²) in [5, 5.41) is 5.33. The number of ether oxygens (including phenoxy) is 2. The quantitative estimate of drug-likeness (QED) is 0.803. The average Bonchev–Trinajstić information content (AvgIpc) is 3.08. The molecule has 1 aliphatic rings. The minimum atomic E-state index is -0.691. The van der Waals surface area contributed by atoms with Crippen LogP contribution in [-0.4, -0.2) is 24.7 Å². The second-order valence-corrected chi connectivity index (χ2v) is 6.82. The predicted molar refractivity (Wildman–Crippen MR) is 99.6 cm³/mol. The number of rotatable bonds is 6. The van der Waals surface area contributed by atoms with E-state index in [0.717, 1.165) is 21.9 Å². The number of carbonyl (C=O) groups is 1. The lowest BCUT2D eigenvalue weighted by Gasteiger charge is -2.27. The Bertz CT molecular complexity index is 762. The van der Waals surface area contributed by atoms with Crippen molar-refractivity contribution in [3.63, 3.8) is 0 Å². The Labute approximate surface area is 151 Å². The molecule has 0 saturated heterocycles. The van der Waals surface area contributed by atoms with E-state index < -0.39 is 4.87 Å². The molecule has 25 heavy (non-hydrogen) atoms. The molecule has 1 N–H and O–H groups in total. The first-order valence-corrected chi connectivity index (χ1v) is 8.88. The van der Waals surface area contributed by atoms with Crippen molar-refractivity contribution < 1.29 is 14.3 Å². The first-order valence-electron chi connectivity index (χ1n) is 8.06. The van der Waals surface area contributed by atoms with Gasteiger partial charge >= 0.3 is 5.97 Å². The summed E-state index contributed by atoms with van der Waals surface area (Å²) in [5.41, 5.74) is 5.13. The van der Waals surface area contributed by atoms with Crippen molar-refractivity contribution in [2.75, 3.05) is 13.7 Å². The van der Waals surface area contributed by atoms with Gasteiger partial charge in [0.15, 0.2) is 0 Å². The smallest absolute Gasteiger partial charge is 0.309 e. The van der Waals surface area contributed by atoms with Gasteiger partial charge < -0.3 is 9.47 Å². The summed E-state index contributed by atoms with van der Waals surface area (Å²) in [6.07, 6.45) is 0.178. The minimum Gasteiger partial charge on any atom is -0.497 e. The van der Waals surface area contributed by atoms with Crippen LogP contribution in [0.4, 0.5) is 0 Å². The van der Waals surface area contributed by atoms with Gasteiger partial charge in [0.1, 0.15) is 15.7 Å². The summed E-state index contributed by atoms with van der Waals surface area (Å²) in [4.78, 5) is 11.5. The topological polar surface area (TPSA) is 59.9 Å². The summed E-state index contributed by atoms with van der Waals surface area (Å²) in [5.74, 6) is 0.505. The van der Waals surface area contributed by atoms with Gasteiger partial charge in [0.2, 0.25) is 0 Å². The SMILES string of the molecule is CCOC(=O)C[C@]1(c2ccc(OC)cc2)NN=C(c2ccccc2)S1. The zero-order valence-electron chi connectivity index (χ0n) is 14.2. The molecule has 1 aliphatic heterocycles. The third-order valence-corrected chi connectivity index (χ3v) is 5.22. The first kappa shape index (κ1) is 17.4. The van der Waals surface area contributed by atoms with E-state index in [1.807, 2.05) is 54.6 Å². The van der Waals surface area contributed by atoms with E-state index in [1.54, 1.807) is 14.0 Å². The number of hydrogen-bond acceptors (Lipinski definition) is 6. The molecule has 0 spiro atoms. The molecule has 6 heteroatoms. The summed E-state index contributed by atoms with van der Waals surface area (Å²) in [6, 6.07) is 17.6. The number of hydrazone groups is 1. The molecular weight excluding hydrogens is 336 g/mol. The Kier molecular flexibility index (Phi) is 5.28. The zero-order valence-corrected chi connectivity index (χ0v) is 15.0. The molecule has 1 heterocycles. The molecule has 0 radical (unpaired) electrons. The summed E-state index contributed by atoms with van der Waals surface area (Å²) in [7, 11) is 1.63. The van der Waals surface area contributed by atoms with Gasteiger partial charge in [-0.05, 0) is 24.6 Å². The zero-order chi connectivity index (χ0) is 17.7. The van der Waals surface area contributed by atoms with Crippen molar-refractivity contribution in [3.8, 4) is 5.75 Å². The number of nitrogens with zero attached hydrogens (tertiary/aromatic N) is 1. The highest BCUT2D eigenvalue weighted by atomic mass is 32.2. The Morgan fingerprint density at radius 2 is 1.88 bits per heavy atom. The normalized spacial score (nSPS) is 19.0. The van der Waals surface area contributed by atoms with Crippen molar-refractivity contribution in [2.45, 2.75) is 18.2 Å². The fourth-order valence-electron chi connectivity index (χ4n) is 2.63. The average molecular weight is 356 g/mol. The lowest BCUT2D eigenvalue weighted by atomic mass is 10.0. The summed E-state index contributed by atoms with van der Waals surface area (Å²) >= 11 is 1.53. The molecule has 0 fully saturated rings. The predicted octanol–water partition coefficient (Wildman–Crippen LogP) is 3.50. The molecule has 1 atom stereocenters. The molecule has 130 valence electrons. The lowest BCUT2D eigenvalue weighted by Crippen LogP contribution is -2.36. The van der Waals surface area contributed by atoms with E-state index in [1.165, 1.54) is 11.8 Å². The van der Waals surface area contributed by atoms with Gasteiger partial charge in [-0.1, -0.05) is 54.2 Å². The van der Waals surface area contributed by atoms with E-state index in [-0.39, 0.29) is 12.4 Å². The highest BCUT2D eigenvalue weighted by molar-refractivity contribution is 8.15. The van der Waals surface area contributed by atoms with E-state index in [0.29, 0.717) is 6.61 Å². The van der Waals surface area contributed by atoms with E-state index >= 15 is 0 Å². The van der Waals surface area contributed by atoms with Crippen molar-refractivity contribution in [1.82, 2.24) is 5.43 Å². The number of methoxy groups -OCH3 is 1. The number of nitrogens with one attached hydrogen (secondary N) is 1. The molecule has 2 aromatic carbocycles. The Morgan fingerprint density at radius 1 is 1.16 bits per heavy atom. The maximum atomic E-state index is 12.2. The van der Waals surface area contributed by atoms with Gasteiger partial charge in [0, 0.05) is 5.56 Å². The molecule has 0 saturated carbocycles. The largest absolute Gasteiger partial charge is 0.497 e. The van der Waals surface area contributed by atoms with Crippen molar-refractivity contribution in [3.05, 3.63) is 65.7 Å². The molecular formula is C19H20N2O3S. The van der Waals surface area contributed by atoms with Crippen LogP contribution >= 0.6 is 11.8 Å². The highest BCUT2D eigenvalue weighted by Gasteiger charge is 2.41. The summed E-state index contributed by atoms with van der Waals surface area (Å²) in [6.45, 7) is 2.16. The third-order valence-electron chi connectivity index (χ3n) is 3.88. The van der Waals surface area contributed by atoms with Crippen LogP contribution in [0.2, 0.25) is 0 Å². The Morgan fingerprint density at radius 3 is 2.52 bits per heavy atom. The Hall–Kier alpha value is -2.47. The minimum absolute atomic E-state index is 0.178. The van der Waals surface area contributed by atoms with Crippen molar-refractivity contribution >= 4 is 22.8 Å². The molecule has 2 aromatic rings. The number of thioether (sulfide) groups is 1. The molecule has 5 nitrogen and oxygen atoms in total. The van der Waals surface area contributed by atoms with Crippen LogP contribution in [0.1, 0.15) is 24.5 Å². The second kappa shape index (κ2) is 7.61. The number of hydrogen-bond donors (Lipinski definition) is 1. The van der Waals surface area contributed by atoms with Gasteiger partial charge in [-0.15, -0.1) is 0 Å². The number of benzene rings is 2. The van der Waals surface area contributed by atoms with Crippen LogP contribution in [0.5, 0.6) is 5.75 Å². The molecule has 0 amide bonds. The molecule has 0 bridgehead atoms. The van der Waals surface area contributed by atoms with Crippen LogP contribution in [0.25, 0.3) is 0 Å². The van der Waals surface area contributed by atoms with Crippen LogP contribution in [0.15, 0.2) is 59.7 Å². The van der Waals surface area contributed by atoms with Gasteiger partial charge in [-0.3, -0.25) is 10.2 Å². The maximum absolute atomic E-state index is 12.2. The van der Waals surface area contributed by atoms with E-state index in [4.69, 9.17) is 9.47 Å². The van der Waals surface area contributed by atoms with Crippen LogP contribution in [-0.2, 0) is 14.4 Å². The van der Waals surface area contributed by atoms with E-state index in [9.17, 15) is 4.79 Å². The molecule has 0 unspecified atom stereocenters. The molecule has 3 rings (SSSR count). The van der Waals surface area contributed by atoms with Gasteiger partial charge in [-0.2, -0.15) is 5.10 Å². The molecule has 0 aromatic heterocycles. The van der Waals surface area contributed by atoms with Crippen LogP contribution in [0, 0.1) is 0 Å². The lowest BCUT2D eigenvalue weighted by molar-refractivity contribution is -0.144. The number of carbonyl (C=O) groups excluding carboxylic acids is 1. The molecule has 0 aliphatic carbocycles. The Balaban J connectivity index is 1.90. The highest BCUT2D eigenvalue weighted by Crippen LogP contribution is 2.43. The maximum Gasteiger partial charge on any atom is 0.309 e. The van der Waals surface area contributed by atoms with E-state index in [2.05, 4.69) is 10.5 Å². The standard InChI is InChI=1S/C19H20N2O3S/c1-3-24-17(22)13-19(15-9-11-16(23-2)12-10-15)21-20-18(25-19)14-7-5-4-6-8-14/h4-12,21H,3,13H2,1-2H3/t19-/m0/s1. The first-order chi connectivity index (χ1) is 12.2. The monoisotopic (exact) mass is 356 g/mol. The van der Waals surface area contributed by atoms with Crippen LogP contribution < -0.4 is 10.2 Å². The summed E-state index contributed by atoms with van der Waals surface area (Å²) < 4.78 is 10.4. The van der Waals surface area contributed by atoms with Gasteiger partial charge in [0.25, 0.3) is 0 Å². The van der Waals surface area contributed by atoms with Gasteiger partial charge in [0.05, 0.1) is 20.1 Å². The van der Waals surface area contributed by atoms with Crippen molar-refractivity contribution in [1.29, 1.82) is 0 Å². The fourth-order valence-corrected chi connectivity index (χ4v) is 3.84. The van der Waals surface area contributed by atoms with Crippen LogP contribution in [0.3, 0.4) is 0 Å².